The molecule has 0 saturated carbocycles. The van der Waals surface area contributed by atoms with Crippen LogP contribution in [0.15, 0.2) is 66.9 Å². The Labute approximate surface area is 163 Å². The number of anilines is 2. The van der Waals surface area contributed by atoms with Gasteiger partial charge in [0.05, 0.1) is 6.10 Å². The topological polar surface area (TPSA) is 63.2 Å². The summed E-state index contributed by atoms with van der Waals surface area (Å²) >= 11 is 0. The fraction of sp³-hybridized carbons (Fsp3) is 0.182. The summed E-state index contributed by atoms with van der Waals surface area (Å²) in [4.78, 5) is 16.7. The molecule has 144 valence electrons. The van der Waals surface area contributed by atoms with Gasteiger partial charge in [0, 0.05) is 24.0 Å². The monoisotopic (exact) mass is 379 g/mol. The number of amides is 1. The molecule has 0 fully saturated rings. The standard InChI is InChI=1S/C22H22FN3O2/c1-15(2)28-20-9-7-19(8-10-20)26-22(27)17-11-12-24-21(13-17)25-14-16-3-5-18(23)6-4-16/h3-13,15H,14H2,1-2H3,(H,24,25)(H,26,27). The van der Waals surface area contributed by atoms with Crippen molar-refractivity contribution < 1.29 is 13.9 Å². The quantitative estimate of drug-likeness (QED) is 0.615. The second-order valence-corrected chi connectivity index (χ2v) is 6.55. The third-order valence-corrected chi connectivity index (χ3v) is 3.89. The van der Waals surface area contributed by atoms with Gasteiger partial charge in [0.15, 0.2) is 0 Å². The Hall–Kier alpha value is -3.41. The lowest BCUT2D eigenvalue weighted by atomic mass is 10.2. The molecule has 0 unspecified atom stereocenters. The molecule has 0 spiro atoms. The van der Waals surface area contributed by atoms with Gasteiger partial charge in [-0.2, -0.15) is 0 Å². The smallest absolute Gasteiger partial charge is 0.255 e. The van der Waals surface area contributed by atoms with E-state index < -0.39 is 0 Å². The summed E-state index contributed by atoms with van der Waals surface area (Å²) in [5.74, 6) is 0.816. The Balaban J connectivity index is 1.60. The van der Waals surface area contributed by atoms with Crippen LogP contribution < -0.4 is 15.4 Å². The van der Waals surface area contributed by atoms with Gasteiger partial charge in [0.25, 0.3) is 5.91 Å². The number of nitrogens with one attached hydrogen (secondary N) is 2. The number of carbonyl (C=O) groups excluding carboxylic acids is 1. The first kappa shape index (κ1) is 19.4. The third kappa shape index (κ3) is 5.54. The molecule has 1 aromatic heterocycles. The number of ether oxygens (including phenoxy) is 1. The van der Waals surface area contributed by atoms with Crippen LogP contribution in [-0.4, -0.2) is 17.0 Å². The summed E-state index contributed by atoms with van der Waals surface area (Å²) in [6.45, 7) is 4.40. The molecule has 0 aliphatic rings. The highest BCUT2D eigenvalue weighted by Crippen LogP contribution is 2.18. The number of rotatable bonds is 7. The lowest BCUT2D eigenvalue weighted by Gasteiger charge is -2.11. The van der Waals surface area contributed by atoms with Crippen molar-refractivity contribution >= 4 is 17.4 Å². The molecular weight excluding hydrogens is 357 g/mol. The number of pyridine rings is 1. The molecule has 3 rings (SSSR count). The number of carbonyl (C=O) groups is 1. The van der Waals surface area contributed by atoms with Crippen molar-refractivity contribution in [2.75, 3.05) is 10.6 Å². The Morgan fingerprint density at radius 2 is 1.79 bits per heavy atom. The van der Waals surface area contributed by atoms with E-state index in [1.165, 1.54) is 12.1 Å². The van der Waals surface area contributed by atoms with E-state index in [2.05, 4.69) is 15.6 Å². The summed E-state index contributed by atoms with van der Waals surface area (Å²) in [5, 5.41) is 5.99. The summed E-state index contributed by atoms with van der Waals surface area (Å²) < 4.78 is 18.6. The average Bonchev–Trinajstić information content (AvgIpc) is 2.69. The SMILES string of the molecule is CC(C)Oc1ccc(NC(=O)c2ccnc(NCc3ccc(F)cc3)c2)cc1. The van der Waals surface area contributed by atoms with Crippen LogP contribution >= 0.6 is 0 Å². The molecule has 0 radical (unpaired) electrons. The van der Waals surface area contributed by atoms with Crippen molar-refractivity contribution in [2.24, 2.45) is 0 Å². The first-order valence-electron chi connectivity index (χ1n) is 9.02. The van der Waals surface area contributed by atoms with Gasteiger partial charge in [-0.05, 0) is 67.9 Å². The summed E-state index contributed by atoms with van der Waals surface area (Å²) in [7, 11) is 0. The second-order valence-electron chi connectivity index (χ2n) is 6.55. The van der Waals surface area contributed by atoms with Crippen LogP contribution in [0.2, 0.25) is 0 Å². The molecule has 6 heteroatoms. The molecule has 0 bridgehead atoms. The van der Waals surface area contributed by atoms with Crippen LogP contribution in [-0.2, 0) is 6.54 Å². The lowest BCUT2D eigenvalue weighted by molar-refractivity contribution is 0.102. The minimum Gasteiger partial charge on any atom is -0.491 e. The van der Waals surface area contributed by atoms with Crippen molar-refractivity contribution in [2.45, 2.75) is 26.5 Å². The van der Waals surface area contributed by atoms with Gasteiger partial charge in [0.2, 0.25) is 0 Å². The van der Waals surface area contributed by atoms with Gasteiger partial charge in [-0.3, -0.25) is 4.79 Å². The average molecular weight is 379 g/mol. The highest BCUT2D eigenvalue weighted by molar-refractivity contribution is 6.04. The van der Waals surface area contributed by atoms with E-state index in [4.69, 9.17) is 4.74 Å². The number of nitrogens with zero attached hydrogens (tertiary/aromatic N) is 1. The van der Waals surface area contributed by atoms with Crippen LogP contribution in [0, 0.1) is 5.82 Å². The maximum Gasteiger partial charge on any atom is 0.255 e. The highest BCUT2D eigenvalue weighted by atomic mass is 19.1. The van der Waals surface area contributed by atoms with E-state index in [1.54, 1.807) is 42.6 Å². The number of hydrogen-bond acceptors (Lipinski definition) is 4. The van der Waals surface area contributed by atoms with Gasteiger partial charge >= 0.3 is 0 Å². The highest BCUT2D eigenvalue weighted by Gasteiger charge is 2.08. The Kier molecular flexibility index (Phi) is 6.22. The minimum atomic E-state index is -0.274. The molecule has 0 aliphatic carbocycles. The molecule has 3 aromatic rings. The second kappa shape index (κ2) is 8.99. The van der Waals surface area contributed by atoms with Crippen molar-refractivity contribution in [3.05, 3.63) is 83.8 Å². The van der Waals surface area contributed by atoms with Gasteiger partial charge < -0.3 is 15.4 Å². The molecule has 5 nitrogen and oxygen atoms in total. The fourth-order valence-electron chi connectivity index (χ4n) is 2.56. The molecule has 2 aromatic carbocycles. The zero-order chi connectivity index (χ0) is 19.9. The van der Waals surface area contributed by atoms with E-state index in [9.17, 15) is 9.18 Å². The van der Waals surface area contributed by atoms with Gasteiger partial charge in [0.1, 0.15) is 17.4 Å². The number of aromatic nitrogens is 1. The molecule has 0 aliphatic heterocycles. The first-order chi connectivity index (χ1) is 13.5. The van der Waals surface area contributed by atoms with E-state index in [0.29, 0.717) is 23.6 Å². The summed E-state index contributed by atoms with van der Waals surface area (Å²) in [6.07, 6.45) is 1.67. The molecule has 0 atom stereocenters. The van der Waals surface area contributed by atoms with E-state index in [0.717, 1.165) is 11.3 Å². The molecule has 1 amide bonds. The van der Waals surface area contributed by atoms with Crippen molar-refractivity contribution in [3.63, 3.8) is 0 Å². The van der Waals surface area contributed by atoms with Crippen LogP contribution in [0.5, 0.6) is 5.75 Å². The maximum absolute atomic E-state index is 13.0. The minimum absolute atomic E-state index is 0.0955. The van der Waals surface area contributed by atoms with E-state index in [-0.39, 0.29) is 17.8 Å². The van der Waals surface area contributed by atoms with Crippen LogP contribution in [0.25, 0.3) is 0 Å². The van der Waals surface area contributed by atoms with E-state index in [1.807, 2.05) is 26.0 Å². The summed E-state index contributed by atoms with van der Waals surface area (Å²) in [5.41, 5.74) is 2.08. The number of halogens is 1. The first-order valence-corrected chi connectivity index (χ1v) is 9.02. The number of hydrogen-bond donors (Lipinski definition) is 2. The molecule has 28 heavy (non-hydrogen) atoms. The Bertz CT molecular complexity index is 925. The molecule has 0 saturated heterocycles. The van der Waals surface area contributed by atoms with Crippen LogP contribution in [0.1, 0.15) is 29.8 Å². The zero-order valence-electron chi connectivity index (χ0n) is 15.8. The van der Waals surface area contributed by atoms with Gasteiger partial charge in [-0.1, -0.05) is 12.1 Å². The zero-order valence-corrected chi connectivity index (χ0v) is 15.8. The third-order valence-electron chi connectivity index (χ3n) is 3.89. The van der Waals surface area contributed by atoms with Crippen molar-refractivity contribution in [1.29, 1.82) is 0 Å². The van der Waals surface area contributed by atoms with Gasteiger partial charge in [-0.15, -0.1) is 0 Å². The predicted molar refractivity (Wildman–Crippen MR) is 108 cm³/mol. The van der Waals surface area contributed by atoms with Crippen molar-refractivity contribution in [3.8, 4) is 5.75 Å². The maximum atomic E-state index is 13.0. The largest absolute Gasteiger partial charge is 0.491 e. The van der Waals surface area contributed by atoms with Crippen molar-refractivity contribution in [1.82, 2.24) is 4.98 Å². The summed E-state index contributed by atoms with van der Waals surface area (Å²) in [6, 6.07) is 16.8. The lowest BCUT2D eigenvalue weighted by Crippen LogP contribution is -2.13. The molecular formula is C22H22FN3O2. The molecule has 2 N–H and O–H groups in total. The van der Waals surface area contributed by atoms with Crippen LogP contribution in [0.3, 0.4) is 0 Å². The Morgan fingerprint density at radius 1 is 1.07 bits per heavy atom. The van der Waals surface area contributed by atoms with E-state index >= 15 is 0 Å². The number of benzene rings is 2. The fourth-order valence-corrected chi connectivity index (χ4v) is 2.56. The molecule has 1 heterocycles. The van der Waals surface area contributed by atoms with Crippen LogP contribution in [0.4, 0.5) is 15.9 Å². The predicted octanol–water partition coefficient (Wildman–Crippen LogP) is 4.87. The Morgan fingerprint density at radius 3 is 2.46 bits per heavy atom. The van der Waals surface area contributed by atoms with Gasteiger partial charge in [-0.25, -0.2) is 9.37 Å². The normalized spacial score (nSPS) is 10.6.